The third-order valence-electron chi connectivity index (χ3n) is 6.29. The van der Waals surface area contributed by atoms with Gasteiger partial charge in [-0.05, 0) is 93.8 Å². The second-order valence-corrected chi connectivity index (χ2v) is 11.2. The van der Waals surface area contributed by atoms with Crippen LogP contribution in [0, 0.1) is 0 Å². The van der Waals surface area contributed by atoms with Gasteiger partial charge in [-0.15, -0.1) is 0 Å². The molecule has 3 rings (SSSR count). The van der Waals surface area contributed by atoms with Crippen LogP contribution in [-0.2, 0) is 21.3 Å². The van der Waals surface area contributed by atoms with E-state index in [1.165, 1.54) is 0 Å². The van der Waals surface area contributed by atoms with E-state index in [1.807, 2.05) is 38.1 Å². The highest BCUT2D eigenvalue weighted by molar-refractivity contribution is 7.89. The molecule has 1 saturated carbocycles. The lowest BCUT2D eigenvalue weighted by atomic mass is 9.98. The second kappa shape index (κ2) is 12.3. The quantitative estimate of drug-likeness (QED) is 0.383. The molecule has 0 heterocycles. The first kappa shape index (κ1) is 27.5. The minimum absolute atomic E-state index is 0.0256. The van der Waals surface area contributed by atoms with Crippen LogP contribution in [0.5, 0.6) is 0 Å². The van der Waals surface area contributed by atoms with Crippen LogP contribution in [0.1, 0.15) is 58.9 Å². The van der Waals surface area contributed by atoms with Crippen molar-refractivity contribution in [1.29, 1.82) is 0 Å². The van der Waals surface area contributed by atoms with E-state index in [0.29, 0.717) is 13.1 Å². The van der Waals surface area contributed by atoms with Crippen LogP contribution in [-0.4, -0.2) is 32.7 Å². The largest absolute Gasteiger partial charge is 0.446 e. The van der Waals surface area contributed by atoms with Crippen molar-refractivity contribution in [3.05, 3.63) is 65.9 Å². The van der Waals surface area contributed by atoms with Gasteiger partial charge in [0.25, 0.3) is 0 Å². The van der Waals surface area contributed by atoms with E-state index in [1.54, 1.807) is 44.3 Å². The van der Waals surface area contributed by atoms with E-state index in [0.717, 1.165) is 47.9 Å². The molecule has 0 atom stereocenters. The second-order valence-electron chi connectivity index (χ2n) is 9.51. The molecule has 1 aliphatic carbocycles. The summed E-state index contributed by atoms with van der Waals surface area (Å²) in [6, 6.07) is 14.5. The van der Waals surface area contributed by atoms with Gasteiger partial charge >= 0.3 is 6.09 Å². The van der Waals surface area contributed by atoms with Crippen LogP contribution in [0.4, 0.5) is 4.79 Å². The van der Waals surface area contributed by atoms with Crippen molar-refractivity contribution in [1.82, 2.24) is 10.0 Å². The summed E-state index contributed by atoms with van der Waals surface area (Å²) in [5.74, 6) is 0. The molecule has 0 radical (unpaired) electrons. The van der Waals surface area contributed by atoms with E-state index in [4.69, 9.17) is 4.74 Å². The van der Waals surface area contributed by atoms with Crippen molar-refractivity contribution >= 4 is 16.1 Å². The Labute approximate surface area is 214 Å². The maximum atomic E-state index is 13.0. The highest BCUT2D eigenvalue weighted by Gasteiger charge is 2.28. The van der Waals surface area contributed by atoms with Crippen LogP contribution in [0.15, 0.2) is 75.4 Å². The number of alkyl carbamates (subject to hydrolysis) is 1. The number of ether oxygens (including phenoxy) is 1. The number of hydrogen-bond acceptors (Lipinski definition) is 6. The lowest BCUT2D eigenvalue weighted by Gasteiger charge is -2.26. The number of benzene rings is 2. The Morgan fingerprint density at radius 2 is 1.81 bits per heavy atom. The molecule has 9 heteroatoms. The van der Waals surface area contributed by atoms with Crippen molar-refractivity contribution in [2.45, 2.75) is 76.5 Å². The van der Waals surface area contributed by atoms with Crippen LogP contribution in [0.3, 0.4) is 0 Å². The summed E-state index contributed by atoms with van der Waals surface area (Å²) in [6.07, 6.45) is 5.29. The van der Waals surface area contributed by atoms with Crippen LogP contribution in [0.25, 0.3) is 11.1 Å². The summed E-state index contributed by atoms with van der Waals surface area (Å²) in [5, 5.41) is 10.7. The lowest BCUT2D eigenvalue weighted by molar-refractivity contribution is 0.100. The average Bonchev–Trinajstić information content (AvgIpc) is 3.35. The number of azo groups is 1. The molecule has 194 valence electrons. The zero-order valence-corrected chi connectivity index (χ0v) is 22.3. The Kier molecular flexibility index (Phi) is 9.39. The molecular weight excluding hydrogens is 476 g/mol. The number of carbonyl (C=O) groups excluding carboxylic acids is 1. The van der Waals surface area contributed by atoms with Crippen molar-refractivity contribution in [3.8, 4) is 11.1 Å². The number of nitrogens with one attached hydrogen (secondary N) is 2. The fourth-order valence-electron chi connectivity index (χ4n) is 3.91. The Hall–Kier alpha value is -3.04. The van der Waals surface area contributed by atoms with Gasteiger partial charge in [0.1, 0.15) is 6.10 Å². The minimum atomic E-state index is -3.75. The number of nitrogens with zero attached hydrogens (tertiary/aromatic N) is 2. The summed E-state index contributed by atoms with van der Waals surface area (Å²) in [7, 11) is -3.75. The van der Waals surface area contributed by atoms with Crippen LogP contribution in [0.2, 0.25) is 0 Å². The summed E-state index contributed by atoms with van der Waals surface area (Å²) in [6.45, 7) is 8.19. The van der Waals surface area contributed by atoms with Gasteiger partial charge in [0.15, 0.2) is 0 Å². The van der Waals surface area contributed by atoms with Gasteiger partial charge in [-0.25, -0.2) is 17.9 Å². The lowest BCUT2D eigenvalue weighted by Crippen LogP contribution is -2.44. The maximum absolute atomic E-state index is 13.0. The molecular formula is C27H36N4O4S. The number of rotatable bonds is 10. The zero-order valence-electron chi connectivity index (χ0n) is 21.5. The van der Waals surface area contributed by atoms with Gasteiger partial charge in [-0.1, -0.05) is 30.3 Å². The van der Waals surface area contributed by atoms with Gasteiger partial charge < -0.3 is 10.1 Å². The third kappa shape index (κ3) is 7.73. The smallest absolute Gasteiger partial charge is 0.407 e. The molecule has 2 N–H and O–H groups in total. The number of hydrogen-bond donors (Lipinski definition) is 2. The van der Waals surface area contributed by atoms with E-state index in [9.17, 15) is 13.2 Å². The van der Waals surface area contributed by atoms with Gasteiger partial charge in [0.2, 0.25) is 10.0 Å². The van der Waals surface area contributed by atoms with Gasteiger partial charge in [-0.2, -0.15) is 10.2 Å². The highest BCUT2D eigenvalue weighted by atomic mass is 32.2. The number of sulfonamides is 1. The fourth-order valence-corrected chi connectivity index (χ4v) is 5.35. The Morgan fingerprint density at radius 3 is 2.47 bits per heavy atom. The van der Waals surface area contributed by atoms with Crippen molar-refractivity contribution < 1.29 is 17.9 Å². The van der Waals surface area contributed by atoms with Crippen molar-refractivity contribution in [2.24, 2.45) is 10.2 Å². The molecule has 0 unspecified atom stereocenters. The molecule has 0 aromatic heterocycles. The van der Waals surface area contributed by atoms with Crippen molar-refractivity contribution in [2.75, 3.05) is 6.54 Å². The summed E-state index contributed by atoms with van der Waals surface area (Å²) in [5.41, 5.74) is 2.65. The highest BCUT2D eigenvalue weighted by Crippen LogP contribution is 2.25. The molecule has 2 aromatic rings. The van der Waals surface area contributed by atoms with Crippen LogP contribution < -0.4 is 10.0 Å². The molecule has 1 aliphatic rings. The molecule has 0 aliphatic heterocycles. The van der Waals surface area contributed by atoms with E-state index < -0.39 is 21.7 Å². The SMILES string of the molecule is CC/N=N\C=C(/C)C(C)(C)NS(=O)(=O)c1ccc(-c2cccc(CNC(=O)OC3CCCC3)c2)cc1. The average molecular weight is 513 g/mol. The summed E-state index contributed by atoms with van der Waals surface area (Å²) >= 11 is 0. The molecule has 2 aromatic carbocycles. The number of amides is 1. The van der Waals surface area contributed by atoms with Gasteiger partial charge in [0, 0.05) is 18.3 Å². The maximum Gasteiger partial charge on any atom is 0.407 e. The predicted octanol–water partition coefficient (Wildman–Crippen LogP) is 5.96. The van der Waals surface area contributed by atoms with E-state index in [2.05, 4.69) is 20.3 Å². The third-order valence-corrected chi connectivity index (χ3v) is 7.96. The summed E-state index contributed by atoms with van der Waals surface area (Å²) < 4.78 is 34.2. The first-order valence-electron chi connectivity index (χ1n) is 12.3. The summed E-state index contributed by atoms with van der Waals surface area (Å²) in [4.78, 5) is 12.2. The molecule has 1 amide bonds. The first-order chi connectivity index (χ1) is 17.1. The molecule has 0 spiro atoms. The molecule has 1 fully saturated rings. The van der Waals surface area contributed by atoms with Gasteiger partial charge in [0.05, 0.1) is 11.4 Å². The molecule has 0 bridgehead atoms. The zero-order chi connectivity index (χ0) is 26.2. The van der Waals surface area contributed by atoms with Gasteiger partial charge in [-0.3, -0.25) is 0 Å². The Balaban J connectivity index is 1.65. The predicted molar refractivity (Wildman–Crippen MR) is 141 cm³/mol. The molecule has 36 heavy (non-hydrogen) atoms. The Morgan fingerprint density at radius 1 is 1.11 bits per heavy atom. The minimum Gasteiger partial charge on any atom is -0.446 e. The monoisotopic (exact) mass is 512 g/mol. The Bertz CT molecular complexity index is 1200. The number of carbonyl (C=O) groups is 1. The normalized spacial score (nSPS) is 15.4. The van der Waals surface area contributed by atoms with E-state index >= 15 is 0 Å². The molecule has 8 nitrogen and oxygen atoms in total. The topological polar surface area (TPSA) is 109 Å². The standard InChI is InChI=1S/C27H36N4O4S/c1-5-29-30-18-20(2)27(3,4)31-36(33,34)25-15-13-22(14-16-25)23-10-8-9-21(17-23)19-28-26(32)35-24-11-6-7-12-24/h8-10,13-18,24,31H,5-7,11-12,19H2,1-4H3,(H,28,32)/b20-18+,30-29-. The fraction of sp³-hybridized carbons (Fsp3) is 0.444. The van der Waals surface area contributed by atoms with Crippen molar-refractivity contribution in [3.63, 3.8) is 0 Å². The van der Waals surface area contributed by atoms with E-state index in [-0.39, 0.29) is 11.0 Å². The van der Waals surface area contributed by atoms with Crippen LogP contribution >= 0.6 is 0 Å². The molecule has 0 saturated heterocycles. The first-order valence-corrected chi connectivity index (χ1v) is 13.8.